The molecule has 0 bridgehead atoms. The highest BCUT2D eigenvalue weighted by Crippen LogP contribution is 2.29. The molecule has 27 heavy (non-hydrogen) atoms. The Bertz CT molecular complexity index is 947. The van der Waals surface area contributed by atoms with Crippen LogP contribution in [0.2, 0.25) is 0 Å². The van der Waals surface area contributed by atoms with Crippen molar-refractivity contribution in [1.29, 1.82) is 5.26 Å². The van der Waals surface area contributed by atoms with Crippen molar-refractivity contribution in [3.8, 4) is 6.07 Å². The minimum absolute atomic E-state index is 0.0605. The fraction of sp³-hybridized carbons (Fsp3) is 0.238. The number of allylic oxidation sites excluding steroid dienone is 2. The number of nitro groups is 1. The van der Waals surface area contributed by atoms with E-state index in [1.807, 2.05) is 42.2 Å². The number of piperidine rings is 1. The average Bonchev–Trinajstić information content (AvgIpc) is 2.68. The third kappa shape index (κ3) is 4.59. The Labute approximate surface area is 158 Å². The molecule has 0 aliphatic carbocycles. The lowest BCUT2D eigenvalue weighted by molar-refractivity contribution is -0.384. The molecule has 1 aromatic carbocycles. The fourth-order valence-corrected chi connectivity index (χ4v) is 3.09. The Balaban J connectivity index is 1.66. The number of anilines is 1. The first-order chi connectivity index (χ1) is 13.1. The van der Waals surface area contributed by atoms with Gasteiger partial charge in [0.15, 0.2) is 0 Å². The molecule has 1 saturated heterocycles. The molecule has 6 nitrogen and oxygen atoms in total. The van der Waals surface area contributed by atoms with Crippen molar-refractivity contribution in [3.05, 3.63) is 81.1 Å². The highest BCUT2D eigenvalue weighted by Gasteiger charge is 2.23. The van der Waals surface area contributed by atoms with E-state index in [2.05, 4.69) is 17.1 Å². The summed E-state index contributed by atoms with van der Waals surface area (Å²) in [6.07, 6.45) is 7.75. The summed E-state index contributed by atoms with van der Waals surface area (Å²) in [5, 5.41) is 20.2. The van der Waals surface area contributed by atoms with Crippen LogP contribution in [0.4, 0.5) is 11.5 Å². The van der Waals surface area contributed by atoms with Crippen LogP contribution in [0.25, 0.3) is 6.08 Å². The molecule has 6 heteroatoms. The van der Waals surface area contributed by atoms with Gasteiger partial charge in [-0.3, -0.25) is 10.1 Å². The predicted octanol–water partition coefficient (Wildman–Crippen LogP) is 4.41. The van der Waals surface area contributed by atoms with E-state index in [1.165, 1.54) is 11.6 Å². The lowest BCUT2D eigenvalue weighted by Gasteiger charge is -2.29. The first-order valence-corrected chi connectivity index (χ1v) is 8.80. The summed E-state index contributed by atoms with van der Waals surface area (Å²) in [6, 6.07) is 12.8. The molecule has 1 aromatic heterocycles. The van der Waals surface area contributed by atoms with Crippen LogP contribution in [-0.2, 0) is 0 Å². The van der Waals surface area contributed by atoms with Crippen LogP contribution < -0.4 is 4.90 Å². The number of benzene rings is 1. The molecule has 1 aliphatic heterocycles. The van der Waals surface area contributed by atoms with Crippen LogP contribution in [0.5, 0.6) is 0 Å². The number of hydrogen-bond donors (Lipinski definition) is 0. The summed E-state index contributed by atoms with van der Waals surface area (Å²) in [6.45, 7) is 3.26. The molecule has 0 atom stereocenters. The van der Waals surface area contributed by atoms with Gasteiger partial charge in [-0.15, -0.1) is 0 Å². The number of aryl methyl sites for hydroxylation is 1. The van der Waals surface area contributed by atoms with Gasteiger partial charge in [-0.25, -0.2) is 4.98 Å². The van der Waals surface area contributed by atoms with E-state index in [1.54, 1.807) is 12.1 Å². The van der Waals surface area contributed by atoms with E-state index >= 15 is 0 Å². The number of aromatic nitrogens is 1. The van der Waals surface area contributed by atoms with Crippen molar-refractivity contribution >= 4 is 17.6 Å². The molecular weight excluding hydrogens is 340 g/mol. The highest BCUT2D eigenvalue weighted by molar-refractivity contribution is 5.59. The second-order valence-electron chi connectivity index (χ2n) is 6.46. The molecule has 1 fully saturated rings. The summed E-state index contributed by atoms with van der Waals surface area (Å²) < 4.78 is 0. The molecule has 1 aliphatic rings. The maximum atomic E-state index is 11.3. The molecule has 136 valence electrons. The zero-order valence-electron chi connectivity index (χ0n) is 15.1. The van der Waals surface area contributed by atoms with Crippen LogP contribution in [0.15, 0.2) is 54.1 Å². The van der Waals surface area contributed by atoms with Crippen LogP contribution in [0.1, 0.15) is 29.7 Å². The van der Waals surface area contributed by atoms with Crippen molar-refractivity contribution in [2.45, 2.75) is 19.8 Å². The van der Waals surface area contributed by atoms with E-state index in [0.717, 1.165) is 24.1 Å². The predicted molar refractivity (Wildman–Crippen MR) is 105 cm³/mol. The van der Waals surface area contributed by atoms with Gasteiger partial charge < -0.3 is 4.90 Å². The molecule has 0 amide bonds. The first kappa shape index (κ1) is 18.3. The quantitative estimate of drug-likeness (QED) is 0.596. The van der Waals surface area contributed by atoms with Gasteiger partial charge in [0.2, 0.25) is 5.82 Å². The van der Waals surface area contributed by atoms with Gasteiger partial charge in [-0.1, -0.05) is 35.9 Å². The van der Waals surface area contributed by atoms with Crippen LogP contribution in [-0.4, -0.2) is 23.0 Å². The third-order valence-electron chi connectivity index (χ3n) is 4.53. The minimum Gasteiger partial charge on any atom is -0.350 e. The lowest BCUT2D eigenvalue weighted by Crippen LogP contribution is -2.32. The molecule has 3 rings (SSSR count). The first-order valence-electron chi connectivity index (χ1n) is 8.80. The summed E-state index contributed by atoms with van der Waals surface area (Å²) >= 11 is 0. The second kappa shape index (κ2) is 8.28. The normalized spacial score (nSPS) is 14.2. The Morgan fingerprint density at radius 1 is 1.26 bits per heavy atom. The summed E-state index contributed by atoms with van der Waals surface area (Å²) in [4.78, 5) is 17.3. The Morgan fingerprint density at radius 2 is 2.04 bits per heavy atom. The minimum atomic E-state index is -0.370. The van der Waals surface area contributed by atoms with Gasteiger partial charge in [-0.2, -0.15) is 5.26 Å². The maximum absolute atomic E-state index is 11.3. The van der Waals surface area contributed by atoms with Gasteiger partial charge in [-0.05, 0) is 43.5 Å². The molecule has 0 radical (unpaired) electrons. The van der Waals surface area contributed by atoms with Crippen molar-refractivity contribution in [1.82, 2.24) is 4.98 Å². The van der Waals surface area contributed by atoms with Gasteiger partial charge in [0.05, 0.1) is 16.6 Å². The molecule has 0 unspecified atom stereocenters. The SMILES string of the molecule is Cc1ccc([N+](=O)[O-])c(N2CCC(=C/C=C/c3cccc(C#N)c3)CC2)n1. The molecule has 0 saturated carbocycles. The van der Waals surface area contributed by atoms with E-state index < -0.39 is 0 Å². The molecule has 0 N–H and O–H groups in total. The fourth-order valence-electron chi connectivity index (χ4n) is 3.09. The van der Waals surface area contributed by atoms with Crippen molar-refractivity contribution in [2.24, 2.45) is 0 Å². The Kier molecular flexibility index (Phi) is 5.62. The van der Waals surface area contributed by atoms with Crippen LogP contribution in [0, 0.1) is 28.4 Å². The van der Waals surface area contributed by atoms with Gasteiger partial charge in [0, 0.05) is 24.8 Å². The second-order valence-corrected chi connectivity index (χ2v) is 6.46. The highest BCUT2D eigenvalue weighted by atomic mass is 16.6. The van der Waals surface area contributed by atoms with Crippen molar-refractivity contribution in [2.75, 3.05) is 18.0 Å². The standard InChI is InChI=1S/C21H20N4O2/c1-16-8-9-20(25(26)27)21(23-16)24-12-10-17(11-13-24)4-2-5-18-6-3-7-19(14-18)15-22/h2-9,14H,10-13H2,1H3/b5-2+. The van der Waals surface area contributed by atoms with E-state index in [0.29, 0.717) is 24.5 Å². The Morgan fingerprint density at radius 3 is 2.74 bits per heavy atom. The summed E-state index contributed by atoms with van der Waals surface area (Å²) in [5.74, 6) is 0.461. The van der Waals surface area contributed by atoms with Gasteiger partial charge in [0.1, 0.15) is 0 Å². The molecule has 2 aromatic rings. The molecular formula is C21H20N4O2. The van der Waals surface area contributed by atoms with E-state index in [4.69, 9.17) is 5.26 Å². The average molecular weight is 360 g/mol. The lowest BCUT2D eigenvalue weighted by atomic mass is 10.0. The van der Waals surface area contributed by atoms with Crippen LogP contribution in [0.3, 0.4) is 0 Å². The van der Waals surface area contributed by atoms with Crippen molar-refractivity contribution in [3.63, 3.8) is 0 Å². The zero-order valence-corrected chi connectivity index (χ0v) is 15.1. The third-order valence-corrected chi connectivity index (χ3v) is 4.53. The number of nitriles is 1. The number of nitrogens with zero attached hydrogens (tertiary/aromatic N) is 4. The largest absolute Gasteiger partial charge is 0.350 e. The topological polar surface area (TPSA) is 83.1 Å². The van der Waals surface area contributed by atoms with E-state index in [-0.39, 0.29) is 10.6 Å². The van der Waals surface area contributed by atoms with Crippen molar-refractivity contribution < 1.29 is 4.92 Å². The molecule has 0 spiro atoms. The number of pyridine rings is 1. The zero-order chi connectivity index (χ0) is 19.2. The van der Waals surface area contributed by atoms with E-state index in [9.17, 15) is 10.1 Å². The van der Waals surface area contributed by atoms with Crippen LogP contribution >= 0.6 is 0 Å². The molecule has 2 heterocycles. The maximum Gasteiger partial charge on any atom is 0.311 e. The van der Waals surface area contributed by atoms with Gasteiger partial charge >= 0.3 is 5.69 Å². The summed E-state index contributed by atoms with van der Waals surface area (Å²) in [7, 11) is 0. The number of rotatable bonds is 4. The Hall–Kier alpha value is -3.46. The summed E-state index contributed by atoms with van der Waals surface area (Å²) in [5.41, 5.74) is 3.77. The monoisotopic (exact) mass is 360 g/mol. The van der Waals surface area contributed by atoms with Gasteiger partial charge in [0.25, 0.3) is 0 Å². The number of hydrogen-bond acceptors (Lipinski definition) is 5. The smallest absolute Gasteiger partial charge is 0.311 e.